The van der Waals surface area contributed by atoms with Gasteiger partial charge in [0, 0.05) is 10.8 Å². The van der Waals surface area contributed by atoms with Crippen LogP contribution in [0.5, 0.6) is 0 Å². The molecule has 0 radical (unpaired) electrons. The lowest BCUT2D eigenvalue weighted by Gasteiger charge is -2.20. The third-order valence-corrected chi connectivity index (χ3v) is 8.97. The zero-order valence-corrected chi connectivity index (χ0v) is 25.7. The van der Waals surface area contributed by atoms with E-state index >= 15 is 0 Å². The maximum atomic E-state index is 9.81. The summed E-state index contributed by atoms with van der Waals surface area (Å²) in [6.07, 6.45) is 0. The van der Waals surface area contributed by atoms with Crippen LogP contribution in [0.3, 0.4) is 0 Å². The topological polar surface area (TPSA) is 13.1 Å². The van der Waals surface area contributed by atoms with E-state index in [1.807, 2.05) is 66.7 Å². The first-order valence-corrected chi connectivity index (χ1v) is 15.8. The Kier molecular flexibility index (Phi) is 3.99. The SMILES string of the molecule is [2H]c1c([2H])c(-c2ccccc2-c2c3ccccc3c(-c3c([2H])c([2H])c4oc5c([2H])c6c([2H])c([2H])c([2H])c([2H])c6c([2H])c5c4c3[2H])c3ccccc23)c([2H])c([2H])c1-c1ccccc1. The van der Waals surface area contributed by atoms with E-state index in [1.54, 1.807) is 36.4 Å². The summed E-state index contributed by atoms with van der Waals surface area (Å²) in [6, 6.07) is 26.2. The van der Waals surface area contributed by atoms with E-state index in [4.69, 9.17) is 14.0 Å². The Labute approximate surface area is 302 Å². The first-order valence-electron chi connectivity index (χ1n) is 22.3. The van der Waals surface area contributed by atoms with E-state index in [0.717, 1.165) is 0 Å². The Morgan fingerprint density at radius 2 is 0.878 bits per heavy atom. The molecule has 10 rings (SSSR count). The van der Waals surface area contributed by atoms with Gasteiger partial charge in [0.25, 0.3) is 0 Å². The summed E-state index contributed by atoms with van der Waals surface area (Å²) in [4.78, 5) is 0. The van der Waals surface area contributed by atoms with Crippen molar-refractivity contribution in [3.63, 3.8) is 0 Å². The van der Waals surface area contributed by atoms with Gasteiger partial charge in [-0.15, -0.1) is 0 Å². The van der Waals surface area contributed by atoms with E-state index in [9.17, 15) is 8.22 Å². The second-order valence-corrected chi connectivity index (χ2v) is 11.8. The second-order valence-electron chi connectivity index (χ2n) is 11.8. The van der Waals surface area contributed by atoms with Crippen LogP contribution in [0.2, 0.25) is 0 Å². The van der Waals surface area contributed by atoms with Gasteiger partial charge >= 0.3 is 0 Å². The highest BCUT2D eigenvalue weighted by molar-refractivity contribution is 6.23. The fourth-order valence-electron chi connectivity index (χ4n) is 6.79. The molecule has 0 bridgehead atoms. The molecule has 9 aromatic carbocycles. The molecule has 1 heteroatoms. The molecule has 1 heterocycles. The van der Waals surface area contributed by atoms with Gasteiger partial charge in [0.05, 0.1) is 17.8 Å². The van der Waals surface area contributed by atoms with Crippen molar-refractivity contribution < 1.29 is 22.2 Å². The van der Waals surface area contributed by atoms with Gasteiger partial charge in [0.1, 0.15) is 11.2 Å². The van der Waals surface area contributed by atoms with Crippen molar-refractivity contribution in [1.82, 2.24) is 0 Å². The number of furan rings is 1. The van der Waals surface area contributed by atoms with Crippen molar-refractivity contribution >= 4 is 54.3 Å². The summed E-state index contributed by atoms with van der Waals surface area (Å²) in [7, 11) is 0. The molecular formula is C48H30O. The Hall–Kier alpha value is -6.44. The minimum absolute atomic E-state index is 0.0336. The van der Waals surface area contributed by atoms with Crippen LogP contribution < -0.4 is 0 Å². The molecule has 0 unspecified atom stereocenters. The molecule has 0 spiro atoms. The average molecular weight is 636 g/mol. The molecule has 0 fully saturated rings. The molecule has 0 N–H and O–H groups in total. The minimum Gasteiger partial charge on any atom is -0.456 e. The first kappa shape index (κ1) is 17.6. The zero-order valence-electron chi connectivity index (χ0n) is 38.7. The molecule has 0 aliphatic heterocycles. The van der Waals surface area contributed by atoms with E-state index < -0.39 is 36.3 Å². The number of benzene rings is 9. The standard InChI is InChI=1S/C48H30O/c1-2-12-31(13-3-1)32-22-24-33(25-23-32)37-16-6-7-17-38(37)48-41-20-10-8-18-39(41)47(40-19-9-11-21-42(40)48)36-26-27-45-43(29-36)44-28-34-14-4-5-15-35(34)30-46(44)49-45/h1-30H/i4D,5D,14D,15D,22D,23D,24D,25D,26D,27D,28D,29D,30D. The molecule has 0 saturated heterocycles. The van der Waals surface area contributed by atoms with E-state index in [1.165, 1.54) is 0 Å². The fraction of sp³-hybridized carbons (Fsp3) is 0. The third-order valence-electron chi connectivity index (χ3n) is 8.97. The average Bonchev–Trinajstić information content (AvgIpc) is 3.70. The van der Waals surface area contributed by atoms with Gasteiger partial charge in [-0.1, -0.05) is 158 Å². The van der Waals surface area contributed by atoms with Crippen LogP contribution in [-0.4, -0.2) is 0 Å². The zero-order chi connectivity index (χ0) is 43.6. The highest BCUT2D eigenvalue weighted by Crippen LogP contribution is 2.47. The predicted molar refractivity (Wildman–Crippen MR) is 208 cm³/mol. The first-order chi connectivity index (χ1) is 29.8. The lowest BCUT2D eigenvalue weighted by atomic mass is 9.83. The Balaban J connectivity index is 1.30. The van der Waals surface area contributed by atoms with Gasteiger partial charge in [0.2, 0.25) is 0 Å². The maximum Gasteiger partial charge on any atom is 0.136 e. The number of fused-ring (bicyclic) bond motifs is 6. The largest absolute Gasteiger partial charge is 0.456 e. The molecule has 49 heavy (non-hydrogen) atoms. The molecule has 0 saturated carbocycles. The summed E-state index contributed by atoms with van der Waals surface area (Å²) >= 11 is 0. The van der Waals surface area contributed by atoms with Crippen LogP contribution in [0, 0.1) is 0 Å². The maximum absolute atomic E-state index is 9.81. The van der Waals surface area contributed by atoms with Crippen molar-refractivity contribution in [1.29, 1.82) is 0 Å². The molecular weight excluding hydrogens is 593 g/mol. The molecule has 0 aliphatic rings. The molecule has 0 atom stereocenters. The molecule has 1 nitrogen and oxygen atoms in total. The number of hydrogen-bond donors (Lipinski definition) is 0. The van der Waals surface area contributed by atoms with Crippen LogP contribution >= 0.6 is 0 Å². The van der Waals surface area contributed by atoms with E-state index in [2.05, 4.69) is 0 Å². The van der Waals surface area contributed by atoms with Crippen LogP contribution in [-0.2, 0) is 0 Å². The van der Waals surface area contributed by atoms with Crippen LogP contribution in [0.15, 0.2) is 186 Å². The minimum atomic E-state index is -0.578. The van der Waals surface area contributed by atoms with Crippen molar-refractivity contribution in [2.45, 2.75) is 0 Å². The quantitative estimate of drug-likeness (QED) is 0.175. The van der Waals surface area contributed by atoms with Gasteiger partial charge in [-0.05, 0) is 101 Å². The molecule has 10 aromatic rings. The second kappa shape index (κ2) is 11.1. The normalized spacial score (nSPS) is 15.4. The molecule has 0 amide bonds. The van der Waals surface area contributed by atoms with E-state index in [0.29, 0.717) is 49.4 Å². The number of hydrogen-bond acceptors (Lipinski definition) is 1. The highest BCUT2D eigenvalue weighted by atomic mass is 16.3. The van der Waals surface area contributed by atoms with Gasteiger partial charge in [-0.2, -0.15) is 0 Å². The molecule has 0 aliphatic carbocycles. The van der Waals surface area contributed by atoms with Crippen LogP contribution in [0.1, 0.15) is 17.8 Å². The lowest BCUT2D eigenvalue weighted by molar-refractivity contribution is 0.669. The van der Waals surface area contributed by atoms with Gasteiger partial charge < -0.3 is 4.42 Å². The summed E-state index contributed by atoms with van der Waals surface area (Å²) in [5.74, 6) is 0. The summed E-state index contributed by atoms with van der Waals surface area (Å²) < 4.78 is 123. The Morgan fingerprint density at radius 3 is 1.57 bits per heavy atom. The van der Waals surface area contributed by atoms with Gasteiger partial charge in [-0.25, -0.2) is 0 Å². The molecule has 1 aromatic heterocycles. The predicted octanol–water partition coefficient (Wildman–Crippen LogP) is 13.7. The monoisotopic (exact) mass is 635 g/mol. The Bertz CT molecular complexity index is 3530. The van der Waals surface area contributed by atoms with Crippen LogP contribution in [0.4, 0.5) is 0 Å². The summed E-state index contributed by atoms with van der Waals surface area (Å²) in [5, 5.41) is 1.99. The molecule has 228 valence electrons. The van der Waals surface area contributed by atoms with Gasteiger partial charge in [-0.3, -0.25) is 0 Å². The highest BCUT2D eigenvalue weighted by Gasteiger charge is 2.20. The smallest absolute Gasteiger partial charge is 0.136 e. The third kappa shape index (κ3) is 4.47. The summed E-state index contributed by atoms with van der Waals surface area (Å²) in [5.41, 5.74) is 2.72. The summed E-state index contributed by atoms with van der Waals surface area (Å²) in [6.45, 7) is 0. The van der Waals surface area contributed by atoms with Crippen molar-refractivity contribution in [3.8, 4) is 44.5 Å². The Morgan fingerprint density at radius 1 is 0.347 bits per heavy atom. The van der Waals surface area contributed by atoms with Crippen LogP contribution in [0.25, 0.3) is 98.8 Å². The van der Waals surface area contributed by atoms with Crippen molar-refractivity contribution in [3.05, 3.63) is 182 Å². The van der Waals surface area contributed by atoms with Crippen molar-refractivity contribution in [2.24, 2.45) is 0 Å². The number of rotatable bonds is 4. The van der Waals surface area contributed by atoms with E-state index in [-0.39, 0.29) is 91.7 Å². The lowest BCUT2D eigenvalue weighted by Crippen LogP contribution is -1.92. The van der Waals surface area contributed by atoms with Gasteiger partial charge in [0.15, 0.2) is 0 Å². The van der Waals surface area contributed by atoms with Crippen molar-refractivity contribution in [2.75, 3.05) is 0 Å². The fourth-order valence-corrected chi connectivity index (χ4v) is 6.79.